The van der Waals surface area contributed by atoms with Gasteiger partial charge in [0.2, 0.25) is 21.7 Å². The Labute approximate surface area is 195 Å². The van der Waals surface area contributed by atoms with E-state index in [-0.39, 0.29) is 23.7 Å². The predicted octanol–water partition coefficient (Wildman–Crippen LogP) is 2.17. The number of nitrogens with zero attached hydrogens (tertiary/aromatic N) is 5. The van der Waals surface area contributed by atoms with Crippen LogP contribution in [0.2, 0.25) is 0 Å². The second-order valence-corrected chi connectivity index (χ2v) is 9.45. The van der Waals surface area contributed by atoms with Crippen molar-refractivity contribution in [3.05, 3.63) is 58.5 Å². The van der Waals surface area contributed by atoms with Crippen molar-refractivity contribution in [1.29, 1.82) is 0 Å². The van der Waals surface area contributed by atoms with Gasteiger partial charge in [0, 0.05) is 37.8 Å². The number of hydrogen-bond donors (Lipinski definition) is 0. The summed E-state index contributed by atoms with van der Waals surface area (Å²) in [5.74, 6) is 1.61. The molecule has 2 aromatic carbocycles. The molecular formula is C21H23N5O7S. The molecule has 3 aromatic rings. The lowest BCUT2D eigenvalue weighted by molar-refractivity contribution is -0.386. The van der Waals surface area contributed by atoms with Gasteiger partial charge in [0.15, 0.2) is 5.75 Å². The Morgan fingerprint density at radius 1 is 1.06 bits per heavy atom. The first kappa shape index (κ1) is 23.6. The number of nitro groups is 1. The maximum absolute atomic E-state index is 13.0. The summed E-state index contributed by atoms with van der Waals surface area (Å²) in [6.45, 7) is 1.71. The van der Waals surface area contributed by atoms with Crippen LogP contribution >= 0.6 is 0 Å². The topological polar surface area (TPSA) is 141 Å². The third kappa shape index (κ3) is 4.85. The summed E-state index contributed by atoms with van der Waals surface area (Å²) in [6, 6.07) is 10.9. The lowest BCUT2D eigenvalue weighted by Gasteiger charge is -2.33. The second kappa shape index (κ2) is 9.75. The molecule has 0 spiro atoms. The first-order valence-electron chi connectivity index (χ1n) is 10.3. The maximum atomic E-state index is 13.0. The minimum Gasteiger partial charge on any atom is -0.497 e. The van der Waals surface area contributed by atoms with Crippen molar-refractivity contribution in [2.24, 2.45) is 0 Å². The highest BCUT2D eigenvalue weighted by atomic mass is 32.2. The molecule has 2 heterocycles. The van der Waals surface area contributed by atoms with Gasteiger partial charge in [-0.1, -0.05) is 5.16 Å². The van der Waals surface area contributed by atoms with Gasteiger partial charge in [-0.15, -0.1) is 0 Å². The van der Waals surface area contributed by atoms with Crippen molar-refractivity contribution in [3.8, 4) is 22.9 Å². The van der Waals surface area contributed by atoms with Crippen molar-refractivity contribution in [2.45, 2.75) is 11.4 Å². The van der Waals surface area contributed by atoms with Crippen LogP contribution in [0.1, 0.15) is 5.89 Å². The zero-order chi connectivity index (χ0) is 24.3. The molecule has 34 heavy (non-hydrogen) atoms. The maximum Gasteiger partial charge on any atom is 0.312 e. The van der Waals surface area contributed by atoms with E-state index in [2.05, 4.69) is 10.1 Å². The number of hydrogen-bond acceptors (Lipinski definition) is 10. The van der Waals surface area contributed by atoms with Crippen molar-refractivity contribution >= 4 is 15.7 Å². The van der Waals surface area contributed by atoms with Crippen molar-refractivity contribution < 1.29 is 27.3 Å². The Morgan fingerprint density at radius 2 is 1.76 bits per heavy atom. The average Bonchev–Trinajstić information content (AvgIpc) is 3.32. The van der Waals surface area contributed by atoms with Gasteiger partial charge in [0.05, 0.1) is 30.6 Å². The number of piperazine rings is 1. The Hall–Kier alpha value is -3.55. The molecule has 12 nitrogen and oxygen atoms in total. The van der Waals surface area contributed by atoms with Crippen LogP contribution in [0.5, 0.6) is 11.5 Å². The van der Waals surface area contributed by atoms with Crippen LogP contribution < -0.4 is 9.47 Å². The smallest absolute Gasteiger partial charge is 0.312 e. The number of nitro benzene ring substituents is 1. The largest absolute Gasteiger partial charge is 0.497 e. The molecule has 1 aromatic heterocycles. The number of rotatable bonds is 8. The molecule has 0 bridgehead atoms. The monoisotopic (exact) mass is 489 g/mol. The lowest BCUT2D eigenvalue weighted by atomic mass is 10.2. The van der Waals surface area contributed by atoms with E-state index >= 15 is 0 Å². The molecule has 0 aliphatic carbocycles. The zero-order valence-corrected chi connectivity index (χ0v) is 19.4. The fourth-order valence-corrected chi connectivity index (χ4v) is 5.06. The van der Waals surface area contributed by atoms with E-state index in [0.29, 0.717) is 31.3 Å². The van der Waals surface area contributed by atoms with Gasteiger partial charge in [-0.25, -0.2) is 8.42 Å². The van der Waals surface area contributed by atoms with Gasteiger partial charge in [-0.2, -0.15) is 9.29 Å². The van der Waals surface area contributed by atoms with Gasteiger partial charge in [0.1, 0.15) is 5.75 Å². The van der Waals surface area contributed by atoms with E-state index in [1.807, 2.05) is 29.2 Å². The van der Waals surface area contributed by atoms with Crippen molar-refractivity contribution in [1.82, 2.24) is 19.3 Å². The number of benzene rings is 2. The average molecular weight is 490 g/mol. The summed E-state index contributed by atoms with van der Waals surface area (Å²) in [5, 5.41) is 15.3. The van der Waals surface area contributed by atoms with Crippen molar-refractivity contribution in [3.63, 3.8) is 0 Å². The Bertz CT molecular complexity index is 1270. The molecule has 0 N–H and O–H groups in total. The number of ether oxygens (including phenoxy) is 2. The molecule has 0 unspecified atom stereocenters. The third-order valence-corrected chi connectivity index (χ3v) is 7.39. The second-order valence-electron chi connectivity index (χ2n) is 7.51. The fourth-order valence-electron chi connectivity index (χ4n) is 3.62. The molecule has 1 fully saturated rings. The molecule has 0 radical (unpaired) electrons. The van der Waals surface area contributed by atoms with Crippen LogP contribution in [-0.4, -0.2) is 73.1 Å². The first-order valence-corrected chi connectivity index (χ1v) is 11.8. The highest BCUT2D eigenvalue weighted by Gasteiger charge is 2.31. The molecule has 1 aliphatic rings. The number of methoxy groups -OCH3 is 2. The summed E-state index contributed by atoms with van der Waals surface area (Å²) >= 11 is 0. The van der Waals surface area contributed by atoms with Crippen LogP contribution in [0.25, 0.3) is 11.4 Å². The van der Waals surface area contributed by atoms with Gasteiger partial charge in [-0.3, -0.25) is 15.0 Å². The minimum atomic E-state index is -3.89. The van der Waals surface area contributed by atoms with E-state index < -0.39 is 20.6 Å². The summed E-state index contributed by atoms with van der Waals surface area (Å²) in [4.78, 5) is 16.9. The lowest BCUT2D eigenvalue weighted by Crippen LogP contribution is -2.48. The van der Waals surface area contributed by atoms with Gasteiger partial charge in [0.25, 0.3) is 0 Å². The van der Waals surface area contributed by atoms with Gasteiger partial charge < -0.3 is 14.0 Å². The van der Waals surface area contributed by atoms with Crippen molar-refractivity contribution in [2.75, 3.05) is 40.4 Å². The third-order valence-electron chi connectivity index (χ3n) is 5.49. The van der Waals surface area contributed by atoms with E-state index in [0.717, 1.165) is 17.4 Å². The fraction of sp³-hybridized carbons (Fsp3) is 0.333. The quantitative estimate of drug-likeness (QED) is 0.341. The van der Waals surface area contributed by atoms with Crippen LogP contribution in [-0.2, 0) is 16.6 Å². The summed E-state index contributed by atoms with van der Waals surface area (Å²) in [5.41, 5.74) is 0.395. The van der Waals surface area contributed by atoms with Crippen LogP contribution in [0.3, 0.4) is 0 Å². The Balaban J connectivity index is 1.39. The molecule has 13 heteroatoms. The SMILES string of the molecule is COc1ccc(-c2noc(CN3CCN(S(=O)(=O)c4ccc(OC)c([N+](=O)[O-])c4)CC3)n2)cc1. The first-order chi connectivity index (χ1) is 16.3. The molecule has 0 amide bonds. The summed E-state index contributed by atoms with van der Waals surface area (Å²) in [7, 11) is -1.01. The molecule has 4 rings (SSSR count). The molecular weight excluding hydrogens is 466 g/mol. The molecule has 1 saturated heterocycles. The van der Waals surface area contributed by atoms with E-state index in [4.69, 9.17) is 14.0 Å². The number of aromatic nitrogens is 2. The highest BCUT2D eigenvalue weighted by Crippen LogP contribution is 2.31. The summed E-state index contributed by atoms with van der Waals surface area (Å²) in [6.07, 6.45) is 0. The van der Waals surface area contributed by atoms with Crippen LogP contribution in [0.15, 0.2) is 51.9 Å². The minimum absolute atomic E-state index is 0.00216. The summed E-state index contributed by atoms with van der Waals surface area (Å²) < 4.78 is 42.8. The molecule has 0 atom stereocenters. The Kier molecular flexibility index (Phi) is 6.77. The standard InChI is InChI=1S/C21H23N5O7S/c1-31-16-5-3-15(4-6-16)21-22-20(33-23-21)14-24-9-11-25(12-10-24)34(29,30)17-7-8-19(32-2)18(13-17)26(27)28/h3-8,13H,9-12,14H2,1-2H3. The molecule has 180 valence electrons. The van der Waals surface area contributed by atoms with Crippen LogP contribution in [0.4, 0.5) is 5.69 Å². The number of sulfonamides is 1. The normalized spacial score (nSPS) is 15.2. The zero-order valence-electron chi connectivity index (χ0n) is 18.6. The van der Waals surface area contributed by atoms with Gasteiger partial charge in [-0.05, 0) is 36.4 Å². The molecule has 1 aliphatic heterocycles. The Morgan fingerprint density at radius 3 is 2.38 bits per heavy atom. The highest BCUT2D eigenvalue weighted by molar-refractivity contribution is 7.89. The van der Waals surface area contributed by atoms with Crippen LogP contribution in [0, 0.1) is 10.1 Å². The van der Waals surface area contributed by atoms with E-state index in [9.17, 15) is 18.5 Å². The van der Waals surface area contributed by atoms with E-state index in [1.54, 1.807) is 7.11 Å². The predicted molar refractivity (Wildman–Crippen MR) is 120 cm³/mol. The molecule has 0 saturated carbocycles. The van der Waals surface area contributed by atoms with Gasteiger partial charge >= 0.3 is 5.69 Å². The van der Waals surface area contributed by atoms with E-state index in [1.165, 1.54) is 23.5 Å².